The maximum Gasteiger partial charge on any atom is -0.00774 e. The van der Waals surface area contributed by atoms with Crippen LogP contribution in [0.25, 0.3) is 0 Å². The molecule has 1 aliphatic rings. The molecule has 23 heavy (non-hydrogen) atoms. The Bertz CT molecular complexity index is 222. The summed E-state index contributed by atoms with van der Waals surface area (Å²) in [5, 5.41) is 0. The quantitative estimate of drug-likeness (QED) is 0.352. The van der Waals surface area contributed by atoms with E-state index in [2.05, 4.69) is 27.7 Å². The fourth-order valence-electron chi connectivity index (χ4n) is 4.01. The molecule has 3 atom stereocenters. The van der Waals surface area contributed by atoms with Gasteiger partial charge in [-0.3, -0.25) is 0 Å². The van der Waals surface area contributed by atoms with Gasteiger partial charge in [-0.15, -0.1) is 0 Å². The van der Waals surface area contributed by atoms with Gasteiger partial charge in [0.1, 0.15) is 0 Å². The zero-order valence-electron chi connectivity index (χ0n) is 16.9. The molecule has 0 heterocycles. The molecule has 0 aromatic heterocycles. The van der Waals surface area contributed by atoms with Crippen LogP contribution in [0.2, 0.25) is 0 Å². The van der Waals surface area contributed by atoms with Crippen LogP contribution >= 0.6 is 0 Å². The van der Waals surface area contributed by atoms with Crippen molar-refractivity contribution in [3.05, 3.63) is 0 Å². The SMILES string of the molecule is CCCCCCC1CC(CCCC)C1CCCC.CCCCN. The molecular weight excluding hydrogens is 278 g/mol. The van der Waals surface area contributed by atoms with Gasteiger partial charge in [-0.2, -0.15) is 0 Å². The average molecular weight is 326 g/mol. The van der Waals surface area contributed by atoms with Crippen LogP contribution in [-0.2, 0) is 0 Å². The molecule has 1 rings (SSSR count). The second-order valence-corrected chi connectivity index (χ2v) is 7.70. The molecule has 2 N–H and O–H groups in total. The lowest BCUT2D eigenvalue weighted by Gasteiger charge is -2.46. The highest BCUT2D eigenvalue weighted by molar-refractivity contribution is 4.88. The third kappa shape index (κ3) is 11.2. The van der Waals surface area contributed by atoms with Crippen LogP contribution < -0.4 is 5.73 Å². The number of hydrogen-bond acceptors (Lipinski definition) is 1. The Balaban J connectivity index is 0.000000841. The van der Waals surface area contributed by atoms with Crippen LogP contribution in [-0.4, -0.2) is 6.54 Å². The van der Waals surface area contributed by atoms with Crippen molar-refractivity contribution in [3.63, 3.8) is 0 Å². The largest absolute Gasteiger partial charge is 0.330 e. The lowest BCUT2D eigenvalue weighted by Crippen LogP contribution is -2.36. The molecule has 1 heteroatoms. The highest BCUT2D eigenvalue weighted by Gasteiger charge is 2.38. The Morgan fingerprint density at radius 3 is 1.61 bits per heavy atom. The number of nitrogens with two attached hydrogens (primary N) is 1. The third-order valence-corrected chi connectivity index (χ3v) is 5.62. The standard InChI is InChI=1S/C18H36.C4H11N/c1-4-7-10-11-13-17-15-16(12-8-5-2)18(17)14-9-6-3;1-2-3-4-5/h16-18H,4-15H2,1-3H3;2-5H2,1H3. The van der Waals surface area contributed by atoms with Crippen molar-refractivity contribution in [3.8, 4) is 0 Å². The van der Waals surface area contributed by atoms with E-state index in [9.17, 15) is 0 Å². The van der Waals surface area contributed by atoms with Crippen molar-refractivity contribution in [1.82, 2.24) is 0 Å². The number of hydrogen-bond donors (Lipinski definition) is 1. The van der Waals surface area contributed by atoms with Crippen molar-refractivity contribution in [1.29, 1.82) is 0 Å². The molecule has 0 radical (unpaired) electrons. The molecule has 0 aromatic rings. The summed E-state index contributed by atoms with van der Waals surface area (Å²) >= 11 is 0. The van der Waals surface area contributed by atoms with Crippen LogP contribution in [0.1, 0.15) is 118 Å². The lowest BCUT2D eigenvalue weighted by atomic mass is 9.60. The molecule has 0 aromatic carbocycles. The van der Waals surface area contributed by atoms with E-state index in [4.69, 9.17) is 5.73 Å². The summed E-state index contributed by atoms with van der Waals surface area (Å²) in [4.78, 5) is 0. The van der Waals surface area contributed by atoms with Crippen LogP contribution in [0.3, 0.4) is 0 Å². The van der Waals surface area contributed by atoms with Gasteiger partial charge in [0.15, 0.2) is 0 Å². The van der Waals surface area contributed by atoms with Gasteiger partial charge in [-0.25, -0.2) is 0 Å². The second-order valence-electron chi connectivity index (χ2n) is 7.70. The molecular formula is C22H47N. The minimum absolute atomic E-state index is 0.844. The van der Waals surface area contributed by atoms with E-state index in [1.807, 2.05) is 0 Å². The number of unbranched alkanes of at least 4 members (excludes halogenated alkanes) is 6. The maximum atomic E-state index is 5.14. The molecule has 3 unspecified atom stereocenters. The summed E-state index contributed by atoms with van der Waals surface area (Å²) in [6.07, 6.45) is 20.1. The van der Waals surface area contributed by atoms with Gasteiger partial charge in [0.05, 0.1) is 0 Å². The van der Waals surface area contributed by atoms with Crippen molar-refractivity contribution < 1.29 is 0 Å². The molecule has 0 aliphatic heterocycles. The van der Waals surface area contributed by atoms with E-state index in [1.165, 1.54) is 83.5 Å². The van der Waals surface area contributed by atoms with Gasteiger partial charge in [-0.05, 0) is 43.6 Å². The Kier molecular flexibility index (Phi) is 16.8. The zero-order chi connectivity index (χ0) is 17.3. The van der Waals surface area contributed by atoms with Gasteiger partial charge in [-0.1, -0.05) is 98.3 Å². The van der Waals surface area contributed by atoms with Crippen LogP contribution in [0.15, 0.2) is 0 Å². The first-order valence-corrected chi connectivity index (χ1v) is 10.9. The summed E-state index contributed by atoms with van der Waals surface area (Å²) in [6, 6.07) is 0. The zero-order valence-corrected chi connectivity index (χ0v) is 16.9. The Morgan fingerprint density at radius 1 is 0.609 bits per heavy atom. The molecule has 1 saturated carbocycles. The fraction of sp³-hybridized carbons (Fsp3) is 1.00. The summed E-state index contributed by atoms with van der Waals surface area (Å²) in [6.45, 7) is 9.97. The van der Waals surface area contributed by atoms with Gasteiger partial charge < -0.3 is 5.73 Å². The van der Waals surface area contributed by atoms with Crippen molar-refractivity contribution in [2.75, 3.05) is 6.54 Å². The molecule has 0 saturated heterocycles. The molecule has 140 valence electrons. The first kappa shape index (κ1) is 23.0. The van der Waals surface area contributed by atoms with Crippen LogP contribution in [0.4, 0.5) is 0 Å². The highest BCUT2D eigenvalue weighted by Crippen LogP contribution is 2.48. The first-order valence-electron chi connectivity index (χ1n) is 10.9. The van der Waals surface area contributed by atoms with E-state index in [-0.39, 0.29) is 0 Å². The molecule has 1 aliphatic carbocycles. The van der Waals surface area contributed by atoms with Gasteiger partial charge >= 0.3 is 0 Å². The topological polar surface area (TPSA) is 26.0 Å². The summed E-state index contributed by atoms with van der Waals surface area (Å²) < 4.78 is 0. The van der Waals surface area contributed by atoms with Crippen LogP contribution in [0.5, 0.6) is 0 Å². The summed E-state index contributed by atoms with van der Waals surface area (Å²) in [7, 11) is 0. The van der Waals surface area contributed by atoms with E-state index in [0.29, 0.717) is 0 Å². The Labute approximate surface area is 148 Å². The average Bonchev–Trinajstić information content (AvgIpc) is 2.54. The number of rotatable bonds is 13. The highest BCUT2D eigenvalue weighted by atomic mass is 14.5. The van der Waals surface area contributed by atoms with E-state index >= 15 is 0 Å². The van der Waals surface area contributed by atoms with Gasteiger partial charge in [0.25, 0.3) is 0 Å². The van der Waals surface area contributed by atoms with E-state index in [0.717, 1.165) is 24.3 Å². The molecule has 0 spiro atoms. The minimum atomic E-state index is 0.844. The predicted octanol–water partition coefficient (Wildman–Crippen LogP) is 7.33. The maximum absolute atomic E-state index is 5.14. The van der Waals surface area contributed by atoms with Gasteiger partial charge in [0, 0.05) is 0 Å². The van der Waals surface area contributed by atoms with Crippen molar-refractivity contribution in [2.45, 2.75) is 118 Å². The Hall–Kier alpha value is -0.0400. The molecule has 0 amide bonds. The minimum Gasteiger partial charge on any atom is -0.330 e. The van der Waals surface area contributed by atoms with Crippen molar-refractivity contribution in [2.24, 2.45) is 23.5 Å². The summed E-state index contributed by atoms with van der Waals surface area (Å²) in [5.74, 6) is 3.32. The fourth-order valence-corrected chi connectivity index (χ4v) is 4.01. The first-order chi connectivity index (χ1) is 11.2. The lowest BCUT2D eigenvalue weighted by molar-refractivity contribution is 0.0441. The molecule has 0 bridgehead atoms. The summed E-state index contributed by atoms with van der Waals surface area (Å²) in [5.41, 5.74) is 5.14. The second kappa shape index (κ2) is 16.8. The van der Waals surface area contributed by atoms with Crippen LogP contribution in [0, 0.1) is 17.8 Å². The third-order valence-electron chi connectivity index (χ3n) is 5.62. The molecule has 1 fully saturated rings. The Morgan fingerprint density at radius 2 is 1.13 bits per heavy atom. The van der Waals surface area contributed by atoms with Gasteiger partial charge in [0.2, 0.25) is 0 Å². The monoisotopic (exact) mass is 325 g/mol. The van der Waals surface area contributed by atoms with Crippen molar-refractivity contribution >= 4 is 0 Å². The van der Waals surface area contributed by atoms with E-state index in [1.54, 1.807) is 6.42 Å². The smallest absolute Gasteiger partial charge is 0.00774 e. The predicted molar refractivity (Wildman–Crippen MR) is 107 cm³/mol. The van der Waals surface area contributed by atoms with E-state index < -0.39 is 0 Å². The molecule has 1 nitrogen and oxygen atoms in total. The normalized spacial score (nSPS) is 23.1.